The zero-order valence-electron chi connectivity index (χ0n) is 20.9. The van der Waals surface area contributed by atoms with Crippen molar-refractivity contribution < 1.29 is 23.9 Å². The predicted octanol–water partition coefficient (Wildman–Crippen LogP) is 3.34. The first-order valence-corrected chi connectivity index (χ1v) is 12.4. The van der Waals surface area contributed by atoms with Gasteiger partial charge >= 0.3 is 5.97 Å². The fraction of sp³-hybridized carbons (Fsp3) is 0.222. The fourth-order valence-corrected chi connectivity index (χ4v) is 4.87. The summed E-state index contributed by atoms with van der Waals surface area (Å²) in [5.74, 6) is 0.310. The summed E-state index contributed by atoms with van der Waals surface area (Å²) < 4.78 is 13.4. The maximum atomic E-state index is 12.8. The smallest absolute Gasteiger partial charge is 0.349 e. The number of aromatic nitrogens is 4. The van der Waals surface area contributed by atoms with Crippen LogP contribution >= 0.6 is 0 Å². The summed E-state index contributed by atoms with van der Waals surface area (Å²) in [7, 11) is 0. The van der Waals surface area contributed by atoms with E-state index in [1.54, 1.807) is 46.1 Å². The van der Waals surface area contributed by atoms with Crippen LogP contribution in [0, 0.1) is 0 Å². The van der Waals surface area contributed by atoms with E-state index in [0.717, 1.165) is 18.9 Å². The van der Waals surface area contributed by atoms with Crippen molar-refractivity contribution in [3.63, 3.8) is 0 Å². The Morgan fingerprint density at radius 1 is 1.13 bits per heavy atom. The number of amides is 1. The molecular formula is C27H25N7O5. The lowest BCUT2D eigenvalue weighted by molar-refractivity contribution is -0.191. The number of nitrogens with two attached hydrogens (primary N) is 1. The highest BCUT2D eigenvalue weighted by molar-refractivity contribution is 6.06. The molecule has 0 radical (unpaired) electrons. The van der Waals surface area contributed by atoms with Gasteiger partial charge in [0.05, 0.1) is 23.7 Å². The Labute approximate surface area is 222 Å². The van der Waals surface area contributed by atoms with Crippen LogP contribution in [0.3, 0.4) is 0 Å². The van der Waals surface area contributed by atoms with Crippen molar-refractivity contribution in [3.8, 4) is 22.8 Å². The van der Waals surface area contributed by atoms with E-state index < -0.39 is 5.97 Å². The van der Waals surface area contributed by atoms with Crippen molar-refractivity contribution in [1.29, 1.82) is 0 Å². The van der Waals surface area contributed by atoms with Crippen LogP contribution in [0.15, 0.2) is 61.4 Å². The van der Waals surface area contributed by atoms with Crippen LogP contribution in [0.2, 0.25) is 0 Å². The molecule has 1 amide bonds. The monoisotopic (exact) mass is 527 g/mol. The topological polar surface area (TPSA) is 147 Å². The lowest BCUT2D eigenvalue weighted by Gasteiger charge is -2.31. The van der Waals surface area contributed by atoms with Gasteiger partial charge in [0.25, 0.3) is 5.91 Å². The van der Waals surface area contributed by atoms with Crippen LogP contribution in [0.4, 0.5) is 11.5 Å². The van der Waals surface area contributed by atoms with Crippen molar-refractivity contribution in [2.75, 3.05) is 30.9 Å². The number of hydroxylamine groups is 2. The third-order valence-electron chi connectivity index (χ3n) is 6.67. The molecule has 0 spiro atoms. The number of fused-ring (bicyclic) bond motifs is 2. The molecule has 0 unspecified atom stereocenters. The summed E-state index contributed by atoms with van der Waals surface area (Å²) in [6.07, 6.45) is 4.11. The van der Waals surface area contributed by atoms with Gasteiger partial charge < -0.3 is 25.4 Å². The highest BCUT2D eigenvalue weighted by Gasteiger charge is 2.31. The van der Waals surface area contributed by atoms with E-state index in [4.69, 9.17) is 25.1 Å². The average molecular weight is 528 g/mol. The molecule has 0 saturated carbocycles. The van der Waals surface area contributed by atoms with Crippen LogP contribution < -0.4 is 20.5 Å². The van der Waals surface area contributed by atoms with Gasteiger partial charge in [0.15, 0.2) is 17.1 Å². The van der Waals surface area contributed by atoms with E-state index in [9.17, 15) is 9.59 Å². The van der Waals surface area contributed by atoms with Gasteiger partial charge in [-0.25, -0.2) is 19.4 Å². The minimum atomic E-state index is -0.514. The highest BCUT2D eigenvalue weighted by Crippen LogP contribution is 2.48. The van der Waals surface area contributed by atoms with Crippen molar-refractivity contribution in [1.82, 2.24) is 24.8 Å². The third kappa shape index (κ3) is 4.50. The molecule has 2 aromatic carbocycles. The number of hydrogen-bond acceptors (Lipinski definition) is 10. The SMILES string of the molecule is C=CC(=O)ON1CCC[C@@H](n2nc(-c3ccc(NC(=O)c4ccccc4)c4c3OCO4)c3c(N)ncnc32)C1. The van der Waals surface area contributed by atoms with Gasteiger partial charge in [0.1, 0.15) is 17.8 Å². The summed E-state index contributed by atoms with van der Waals surface area (Å²) in [6, 6.07) is 12.3. The van der Waals surface area contributed by atoms with Crippen molar-refractivity contribution >= 4 is 34.4 Å². The molecule has 1 saturated heterocycles. The number of nitrogens with zero attached hydrogens (tertiary/aromatic N) is 5. The summed E-state index contributed by atoms with van der Waals surface area (Å²) in [5.41, 5.74) is 9.01. The maximum Gasteiger partial charge on any atom is 0.349 e. The number of nitrogens with one attached hydrogen (secondary N) is 1. The van der Waals surface area contributed by atoms with Crippen LogP contribution in [0.5, 0.6) is 11.5 Å². The predicted molar refractivity (Wildman–Crippen MR) is 142 cm³/mol. The summed E-state index contributed by atoms with van der Waals surface area (Å²) in [6.45, 7) is 4.47. The number of hydrogen-bond donors (Lipinski definition) is 2. The molecule has 2 aromatic heterocycles. The zero-order valence-corrected chi connectivity index (χ0v) is 20.9. The Balaban J connectivity index is 1.39. The Morgan fingerprint density at radius 3 is 2.77 bits per heavy atom. The molecule has 12 heteroatoms. The molecule has 4 aromatic rings. The molecule has 0 aliphatic carbocycles. The van der Waals surface area contributed by atoms with Gasteiger partial charge in [0, 0.05) is 23.7 Å². The van der Waals surface area contributed by atoms with E-state index >= 15 is 0 Å². The zero-order chi connectivity index (χ0) is 26.9. The first kappa shape index (κ1) is 24.4. The van der Waals surface area contributed by atoms with Crippen molar-refractivity contribution in [2.24, 2.45) is 0 Å². The molecule has 0 bridgehead atoms. The highest BCUT2D eigenvalue weighted by atomic mass is 16.7. The maximum absolute atomic E-state index is 12.8. The normalized spacial score (nSPS) is 16.7. The van der Waals surface area contributed by atoms with Gasteiger partial charge in [-0.3, -0.25) is 4.79 Å². The molecule has 12 nitrogen and oxygen atoms in total. The first-order valence-electron chi connectivity index (χ1n) is 12.4. The van der Waals surface area contributed by atoms with Gasteiger partial charge in [0.2, 0.25) is 6.79 Å². The quantitative estimate of drug-likeness (QED) is 0.358. The fourth-order valence-electron chi connectivity index (χ4n) is 4.87. The second-order valence-corrected chi connectivity index (χ2v) is 9.09. The van der Waals surface area contributed by atoms with Crippen molar-refractivity contribution in [3.05, 3.63) is 67.0 Å². The molecule has 1 fully saturated rings. The number of benzene rings is 2. The van der Waals surface area contributed by atoms with E-state index in [1.807, 2.05) is 6.07 Å². The lowest BCUT2D eigenvalue weighted by Crippen LogP contribution is -2.38. The molecule has 2 aliphatic heterocycles. The van der Waals surface area contributed by atoms with E-state index in [0.29, 0.717) is 58.1 Å². The van der Waals surface area contributed by atoms with E-state index in [-0.39, 0.29) is 24.6 Å². The largest absolute Gasteiger partial charge is 0.453 e. The molecule has 4 heterocycles. The standard InChI is InChI=1S/C27H25N7O5/c1-2-20(35)39-33-12-6-9-17(13-33)34-26-21(25(28)29-14-30-26)22(32-34)18-10-11-19(24-23(18)37-15-38-24)31-27(36)16-7-4-3-5-8-16/h2-5,7-8,10-11,14,17H,1,6,9,12-13,15H2,(H,31,36)(H2,28,29,30)/t17-/m1/s1. The minimum Gasteiger partial charge on any atom is -0.453 e. The molecule has 2 aliphatic rings. The third-order valence-corrected chi connectivity index (χ3v) is 6.67. The van der Waals surface area contributed by atoms with Gasteiger partial charge in [-0.1, -0.05) is 24.8 Å². The van der Waals surface area contributed by atoms with E-state index in [2.05, 4.69) is 21.9 Å². The number of carbonyl (C=O) groups excluding carboxylic acids is 2. The summed E-state index contributed by atoms with van der Waals surface area (Å²) in [5, 5.41) is 9.98. The Kier molecular flexibility index (Phi) is 6.29. The number of anilines is 2. The minimum absolute atomic E-state index is 0.0164. The number of nitrogen functional groups attached to an aromatic ring is 1. The summed E-state index contributed by atoms with van der Waals surface area (Å²) in [4.78, 5) is 38.6. The van der Waals surface area contributed by atoms with Crippen LogP contribution in [-0.4, -0.2) is 56.6 Å². The average Bonchev–Trinajstić information content (AvgIpc) is 3.61. The van der Waals surface area contributed by atoms with Crippen LogP contribution in [0.25, 0.3) is 22.3 Å². The van der Waals surface area contributed by atoms with Crippen LogP contribution in [0.1, 0.15) is 29.2 Å². The van der Waals surface area contributed by atoms with E-state index in [1.165, 1.54) is 6.33 Å². The number of carbonyl (C=O) groups is 2. The van der Waals surface area contributed by atoms with Gasteiger partial charge in [-0.05, 0) is 37.1 Å². The molecule has 6 rings (SSSR count). The van der Waals surface area contributed by atoms with Crippen molar-refractivity contribution in [2.45, 2.75) is 18.9 Å². The second-order valence-electron chi connectivity index (χ2n) is 9.09. The lowest BCUT2D eigenvalue weighted by atomic mass is 10.1. The molecule has 39 heavy (non-hydrogen) atoms. The molecule has 3 N–H and O–H groups in total. The second kappa shape index (κ2) is 10.1. The summed E-state index contributed by atoms with van der Waals surface area (Å²) >= 11 is 0. The number of rotatable bonds is 6. The van der Waals surface area contributed by atoms with Crippen LogP contribution in [-0.2, 0) is 9.63 Å². The Bertz CT molecular complexity index is 1590. The Hall–Kier alpha value is -4.97. The van der Waals surface area contributed by atoms with Gasteiger partial charge in [-0.2, -0.15) is 5.10 Å². The number of piperidine rings is 1. The first-order chi connectivity index (χ1) is 19.0. The molecule has 198 valence electrons. The molecular weight excluding hydrogens is 502 g/mol. The Morgan fingerprint density at radius 2 is 1.95 bits per heavy atom. The molecule has 1 atom stereocenters. The van der Waals surface area contributed by atoms with Gasteiger partial charge in [-0.15, -0.1) is 5.06 Å². The number of ether oxygens (including phenoxy) is 2.